The first-order valence-electron chi connectivity index (χ1n) is 6.45. The van der Waals surface area contributed by atoms with Crippen LogP contribution in [0.5, 0.6) is 0 Å². The molecule has 5 heteroatoms. The Morgan fingerprint density at radius 1 is 1.47 bits per heavy atom. The first-order valence-corrected chi connectivity index (χ1v) is 6.86. The van der Waals surface area contributed by atoms with Crippen LogP contribution in [-0.4, -0.2) is 27.3 Å². The molecule has 1 aromatic heterocycles. The second-order valence-corrected chi connectivity index (χ2v) is 5.48. The number of nitrogens with zero attached hydrogens (tertiary/aromatic N) is 2. The van der Waals surface area contributed by atoms with Crippen molar-refractivity contribution in [1.82, 2.24) is 9.88 Å². The van der Waals surface area contributed by atoms with Gasteiger partial charge in [0.2, 0.25) is 5.91 Å². The van der Waals surface area contributed by atoms with Gasteiger partial charge in [-0.25, -0.2) is 0 Å². The van der Waals surface area contributed by atoms with E-state index in [1.54, 1.807) is 11.1 Å². The summed E-state index contributed by atoms with van der Waals surface area (Å²) in [5.74, 6) is 0.459. The third-order valence-electron chi connectivity index (χ3n) is 2.64. The van der Waals surface area contributed by atoms with Crippen LogP contribution < -0.4 is 5.73 Å². The van der Waals surface area contributed by atoms with E-state index in [9.17, 15) is 4.79 Å². The molecular formula is C14H21N3OS. The number of hydrogen-bond donors (Lipinski definition) is 1. The van der Waals surface area contributed by atoms with Crippen molar-refractivity contribution < 1.29 is 4.79 Å². The van der Waals surface area contributed by atoms with Crippen LogP contribution >= 0.6 is 12.2 Å². The van der Waals surface area contributed by atoms with Crippen molar-refractivity contribution in [3.8, 4) is 0 Å². The van der Waals surface area contributed by atoms with Gasteiger partial charge in [0.15, 0.2) is 0 Å². The second kappa shape index (κ2) is 7.84. The molecule has 0 aliphatic heterocycles. The van der Waals surface area contributed by atoms with Crippen molar-refractivity contribution in [2.45, 2.75) is 33.2 Å². The van der Waals surface area contributed by atoms with Crippen molar-refractivity contribution >= 4 is 23.1 Å². The Hall–Kier alpha value is -1.49. The van der Waals surface area contributed by atoms with Gasteiger partial charge in [0.25, 0.3) is 0 Å². The van der Waals surface area contributed by atoms with Crippen molar-refractivity contribution in [1.29, 1.82) is 0 Å². The van der Waals surface area contributed by atoms with Crippen LogP contribution in [0.4, 0.5) is 0 Å². The van der Waals surface area contributed by atoms with Crippen molar-refractivity contribution in [2.75, 3.05) is 6.54 Å². The first-order chi connectivity index (χ1) is 8.99. The standard InChI is InChI=1S/C14H21N3OS/c1-11(2)9-14(18)17(8-6-13(15)19)10-12-5-3-4-7-16-12/h3-5,7,11H,6,8-10H2,1-2H3,(H2,15,19). The molecule has 0 aliphatic rings. The van der Waals surface area contributed by atoms with Gasteiger partial charge < -0.3 is 10.6 Å². The summed E-state index contributed by atoms with van der Waals surface area (Å²) in [6.07, 6.45) is 2.81. The van der Waals surface area contributed by atoms with Crippen LogP contribution in [0.3, 0.4) is 0 Å². The van der Waals surface area contributed by atoms with E-state index in [1.807, 2.05) is 32.0 Å². The second-order valence-electron chi connectivity index (χ2n) is 4.95. The number of thiocarbonyl (C=S) groups is 1. The van der Waals surface area contributed by atoms with Crippen LogP contribution in [0.1, 0.15) is 32.4 Å². The number of aromatic nitrogens is 1. The van der Waals surface area contributed by atoms with Crippen LogP contribution in [-0.2, 0) is 11.3 Å². The van der Waals surface area contributed by atoms with E-state index in [0.29, 0.717) is 36.8 Å². The fraction of sp³-hybridized carbons (Fsp3) is 0.500. The summed E-state index contributed by atoms with van der Waals surface area (Å²) < 4.78 is 0. The zero-order chi connectivity index (χ0) is 14.3. The number of carbonyl (C=O) groups excluding carboxylic acids is 1. The minimum Gasteiger partial charge on any atom is -0.393 e. The third kappa shape index (κ3) is 6.29. The maximum atomic E-state index is 12.2. The summed E-state index contributed by atoms with van der Waals surface area (Å²) in [6, 6.07) is 5.69. The van der Waals surface area contributed by atoms with Gasteiger partial charge in [-0.3, -0.25) is 9.78 Å². The predicted molar refractivity (Wildman–Crippen MR) is 80.5 cm³/mol. The number of amides is 1. The fourth-order valence-corrected chi connectivity index (χ4v) is 1.79. The molecule has 0 saturated heterocycles. The Balaban J connectivity index is 2.68. The third-order valence-corrected chi connectivity index (χ3v) is 2.85. The smallest absolute Gasteiger partial charge is 0.223 e. The average Bonchev–Trinajstić information content (AvgIpc) is 2.34. The SMILES string of the molecule is CC(C)CC(=O)N(CCC(N)=S)Cc1ccccn1. The van der Waals surface area contributed by atoms with Crippen molar-refractivity contribution in [3.63, 3.8) is 0 Å². The molecule has 0 atom stereocenters. The molecule has 1 rings (SSSR count). The molecule has 1 aromatic rings. The first kappa shape index (κ1) is 15.6. The maximum absolute atomic E-state index is 12.2. The zero-order valence-electron chi connectivity index (χ0n) is 11.5. The van der Waals surface area contributed by atoms with E-state index in [2.05, 4.69) is 4.98 Å². The molecule has 0 spiro atoms. The minimum absolute atomic E-state index is 0.122. The molecule has 1 heterocycles. The van der Waals surface area contributed by atoms with E-state index in [0.717, 1.165) is 5.69 Å². The molecule has 0 saturated carbocycles. The van der Waals surface area contributed by atoms with Gasteiger partial charge in [-0.2, -0.15) is 0 Å². The van der Waals surface area contributed by atoms with Gasteiger partial charge in [0.05, 0.1) is 17.2 Å². The number of hydrogen-bond acceptors (Lipinski definition) is 3. The predicted octanol–water partition coefficient (Wildman–Crippen LogP) is 2.13. The lowest BCUT2D eigenvalue weighted by Crippen LogP contribution is -2.34. The lowest BCUT2D eigenvalue weighted by Gasteiger charge is -2.23. The molecule has 0 aliphatic carbocycles. The fourth-order valence-electron chi connectivity index (χ4n) is 1.70. The molecule has 2 N–H and O–H groups in total. The number of pyridine rings is 1. The monoisotopic (exact) mass is 279 g/mol. The summed E-state index contributed by atoms with van der Waals surface area (Å²) in [6.45, 7) is 5.13. The molecule has 4 nitrogen and oxygen atoms in total. The van der Waals surface area contributed by atoms with Gasteiger partial charge in [0.1, 0.15) is 0 Å². The molecule has 104 valence electrons. The van der Waals surface area contributed by atoms with Crippen LogP contribution in [0.2, 0.25) is 0 Å². The highest BCUT2D eigenvalue weighted by molar-refractivity contribution is 7.80. The molecule has 1 amide bonds. The van der Waals surface area contributed by atoms with E-state index >= 15 is 0 Å². The Bertz CT molecular complexity index is 420. The summed E-state index contributed by atoms with van der Waals surface area (Å²) in [7, 11) is 0. The molecule has 0 radical (unpaired) electrons. The van der Waals surface area contributed by atoms with Gasteiger partial charge in [-0.15, -0.1) is 0 Å². The van der Waals surface area contributed by atoms with Gasteiger partial charge in [0, 0.05) is 25.6 Å². The zero-order valence-corrected chi connectivity index (χ0v) is 12.3. The number of nitrogens with two attached hydrogens (primary N) is 1. The summed E-state index contributed by atoms with van der Waals surface area (Å²) in [5.41, 5.74) is 6.39. The Labute approximate surface area is 120 Å². The summed E-state index contributed by atoms with van der Waals surface area (Å²) in [5, 5.41) is 0. The summed E-state index contributed by atoms with van der Waals surface area (Å²) >= 11 is 4.88. The number of rotatable bonds is 7. The Kier molecular flexibility index (Phi) is 6.42. The van der Waals surface area contributed by atoms with Crippen LogP contribution in [0.15, 0.2) is 24.4 Å². The van der Waals surface area contributed by atoms with Gasteiger partial charge in [-0.1, -0.05) is 32.1 Å². The highest BCUT2D eigenvalue weighted by Crippen LogP contribution is 2.09. The van der Waals surface area contributed by atoms with E-state index in [-0.39, 0.29) is 5.91 Å². The van der Waals surface area contributed by atoms with Crippen LogP contribution in [0, 0.1) is 5.92 Å². The Morgan fingerprint density at radius 3 is 2.74 bits per heavy atom. The quantitative estimate of drug-likeness (QED) is 0.777. The van der Waals surface area contributed by atoms with E-state index < -0.39 is 0 Å². The maximum Gasteiger partial charge on any atom is 0.223 e. The average molecular weight is 279 g/mol. The van der Waals surface area contributed by atoms with E-state index in [4.69, 9.17) is 18.0 Å². The Morgan fingerprint density at radius 2 is 2.21 bits per heavy atom. The highest BCUT2D eigenvalue weighted by atomic mass is 32.1. The minimum atomic E-state index is 0.122. The molecule has 19 heavy (non-hydrogen) atoms. The largest absolute Gasteiger partial charge is 0.393 e. The lowest BCUT2D eigenvalue weighted by molar-refractivity contribution is -0.132. The van der Waals surface area contributed by atoms with Gasteiger partial charge in [-0.05, 0) is 18.1 Å². The molecule has 0 bridgehead atoms. The number of carbonyl (C=O) groups is 1. The highest BCUT2D eigenvalue weighted by Gasteiger charge is 2.15. The van der Waals surface area contributed by atoms with E-state index in [1.165, 1.54) is 0 Å². The van der Waals surface area contributed by atoms with Gasteiger partial charge >= 0.3 is 0 Å². The van der Waals surface area contributed by atoms with Crippen molar-refractivity contribution in [2.24, 2.45) is 11.7 Å². The summed E-state index contributed by atoms with van der Waals surface area (Å²) in [4.78, 5) is 18.6. The van der Waals surface area contributed by atoms with Crippen LogP contribution in [0.25, 0.3) is 0 Å². The lowest BCUT2D eigenvalue weighted by atomic mass is 10.1. The normalized spacial score (nSPS) is 10.5. The topological polar surface area (TPSA) is 59.2 Å². The van der Waals surface area contributed by atoms with Crippen molar-refractivity contribution in [3.05, 3.63) is 30.1 Å². The molecule has 0 aromatic carbocycles. The molecule has 0 unspecified atom stereocenters. The molecule has 0 fully saturated rings. The molecular weight excluding hydrogens is 258 g/mol.